The molecule has 14 atom stereocenters. The molecule has 566 valence electrons. The lowest BCUT2D eigenvalue weighted by molar-refractivity contribution is -0.121. The Hall–Kier alpha value is -5.08. The van der Waals surface area contributed by atoms with E-state index in [0.29, 0.717) is 101 Å². The summed E-state index contributed by atoms with van der Waals surface area (Å²) in [5, 5.41) is 27.3. The normalized spacial score (nSPS) is 35.7. The molecule has 8 heterocycles. The number of allylic oxidation sites excluding steroid dienone is 1. The second-order valence-electron chi connectivity index (χ2n) is 33.7. The van der Waals surface area contributed by atoms with Crippen LogP contribution in [-0.4, -0.2) is 225 Å². The minimum absolute atomic E-state index is 0.0102. The predicted molar refractivity (Wildman–Crippen MR) is 406 cm³/mol. The first-order chi connectivity index (χ1) is 49.8. The van der Waals surface area contributed by atoms with Gasteiger partial charge in [0.2, 0.25) is 20.0 Å². The first kappa shape index (κ1) is 74.4. The van der Waals surface area contributed by atoms with Gasteiger partial charge in [0.15, 0.2) is 0 Å². The molecule has 16 rings (SSSR count). The molecule has 4 aliphatic carbocycles. The summed E-state index contributed by atoms with van der Waals surface area (Å²) >= 11 is 13.0. The number of anilines is 2. The number of carbonyl (C=O) groups excluding carboxylic acids is 2. The number of piperazine rings is 2. The van der Waals surface area contributed by atoms with Crippen LogP contribution in [0.25, 0.3) is 0 Å². The van der Waals surface area contributed by atoms with Gasteiger partial charge >= 0.3 is 0 Å². The number of fused-ring (bicyclic) bond motifs is 10. The van der Waals surface area contributed by atoms with Gasteiger partial charge in [0.1, 0.15) is 11.5 Å². The number of β-amino-alcohol motifs (C(OH)–C–C–N with tert-alkyl or cyclic N) is 2. The molecule has 20 nitrogen and oxygen atoms in total. The van der Waals surface area contributed by atoms with E-state index in [1.54, 1.807) is 18.2 Å². The molecule has 4 aromatic rings. The lowest BCUT2D eigenvalue weighted by Gasteiger charge is -2.53. The standard InChI is InChI=1S/C40H55ClN4O6S.C40H53ClN4O6S/c2*1-27-11-13-40(47,25-43-14-15-44-16-17-50-22-33(44)21-43)35-8-5-31(35)20-45-24-39(12-3-4-29-18-32(41)7-9-34(29)39)26-51-37-10-6-30(19-36(37)45)38(46)42-52(48,49)23-28(27)2/h6-7,9-10,18-19,27-28,31,33,35,47H,3-5,8,11-17,20-26H2,1-2H3,(H,42,46);6-7,9-11,13,18-19,27-28,31,33,35,47H,3-5,8,12,14-17,20-26H2,1-2H3,(H,42,46)/b;13-11+/t2*27-,28+,31-,33-,35+,39-,40+/m00/s1. The molecule has 12 aliphatic rings. The Morgan fingerprint density at radius 3 is 1.56 bits per heavy atom. The first-order valence-electron chi connectivity index (χ1n) is 38.7. The number of hydrogen-bond donors (Lipinski definition) is 4. The maximum Gasteiger partial charge on any atom is 0.264 e. The van der Waals surface area contributed by atoms with E-state index in [4.69, 9.17) is 42.1 Å². The third kappa shape index (κ3) is 15.6. The Balaban J connectivity index is 0.000000167. The van der Waals surface area contributed by atoms with Gasteiger partial charge in [0, 0.05) is 136 Å². The van der Waals surface area contributed by atoms with Crippen molar-refractivity contribution < 1.29 is 55.6 Å². The van der Waals surface area contributed by atoms with Gasteiger partial charge in [0.25, 0.3) is 11.8 Å². The van der Waals surface area contributed by atoms with E-state index in [0.717, 1.165) is 158 Å². The van der Waals surface area contributed by atoms with Crippen molar-refractivity contribution in [2.24, 2.45) is 47.3 Å². The van der Waals surface area contributed by atoms with Crippen LogP contribution in [-0.2, 0) is 53.2 Å². The van der Waals surface area contributed by atoms with Gasteiger partial charge in [-0.3, -0.25) is 29.2 Å². The van der Waals surface area contributed by atoms with Crippen molar-refractivity contribution in [3.8, 4) is 11.5 Å². The average Bonchev–Trinajstić information content (AvgIpc) is 1.67. The summed E-state index contributed by atoms with van der Waals surface area (Å²) in [6, 6.07) is 23.7. The molecular formula is C80H108Cl2N8O12S2. The number of benzene rings is 4. The summed E-state index contributed by atoms with van der Waals surface area (Å²) in [5.74, 6) is -0.250. The van der Waals surface area contributed by atoms with E-state index in [1.165, 1.54) is 22.3 Å². The van der Waals surface area contributed by atoms with Gasteiger partial charge in [-0.05, 0) is 207 Å². The molecule has 4 N–H and O–H groups in total. The van der Waals surface area contributed by atoms with Crippen LogP contribution in [0.5, 0.6) is 11.5 Å². The molecule has 8 aliphatic heterocycles. The number of halogens is 2. The highest BCUT2D eigenvalue weighted by molar-refractivity contribution is 7.90. The number of aryl methyl sites for hydroxylation is 2. The highest BCUT2D eigenvalue weighted by Gasteiger charge is 2.53. The second-order valence-corrected chi connectivity index (χ2v) is 38.1. The quantitative estimate of drug-likeness (QED) is 0.140. The fourth-order valence-electron chi connectivity index (χ4n) is 20.1. The number of hydrogen-bond acceptors (Lipinski definition) is 18. The van der Waals surface area contributed by atoms with Gasteiger partial charge in [0.05, 0.1) is 73.7 Å². The molecule has 2 saturated carbocycles. The monoisotopic (exact) mass is 1510 g/mol. The number of carbonyl (C=O) groups is 2. The molecule has 104 heavy (non-hydrogen) atoms. The Kier molecular flexibility index (Phi) is 21.5. The molecule has 4 saturated heterocycles. The predicted octanol–water partition coefficient (Wildman–Crippen LogP) is 9.20. The van der Waals surface area contributed by atoms with Gasteiger partial charge in [-0.25, -0.2) is 26.3 Å². The maximum absolute atomic E-state index is 13.6. The summed E-state index contributed by atoms with van der Waals surface area (Å²) in [5.41, 5.74) is 4.60. The number of ether oxygens (including phenoxy) is 4. The Labute approximate surface area is 625 Å². The van der Waals surface area contributed by atoms with Gasteiger partial charge < -0.3 is 39.0 Å². The highest BCUT2D eigenvalue weighted by atomic mass is 35.5. The zero-order chi connectivity index (χ0) is 72.5. The summed E-state index contributed by atoms with van der Waals surface area (Å²) in [6.07, 6.45) is 15.1. The molecule has 4 bridgehead atoms. The summed E-state index contributed by atoms with van der Waals surface area (Å²) < 4.78 is 83.2. The number of sulfonamides is 2. The van der Waals surface area contributed by atoms with Crippen molar-refractivity contribution >= 4 is 66.4 Å². The second kappa shape index (κ2) is 30.1. The first-order valence-corrected chi connectivity index (χ1v) is 42.8. The van der Waals surface area contributed by atoms with Crippen LogP contribution in [0.1, 0.15) is 135 Å². The largest absolute Gasteiger partial charge is 0.490 e. The number of nitrogens with zero attached hydrogens (tertiary/aromatic N) is 6. The topological polar surface area (TPSA) is 223 Å². The molecule has 0 aromatic heterocycles. The molecule has 2 spiro atoms. The average molecular weight is 1510 g/mol. The number of nitrogens with one attached hydrogen (secondary N) is 2. The molecule has 24 heteroatoms. The lowest BCUT2D eigenvalue weighted by atomic mass is 9.62. The number of rotatable bonds is 4. The fourth-order valence-corrected chi connectivity index (χ4v) is 23.5. The van der Waals surface area contributed by atoms with Crippen LogP contribution in [0.2, 0.25) is 10.0 Å². The summed E-state index contributed by atoms with van der Waals surface area (Å²) in [7, 11) is -7.84. The van der Waals surface area contributed by atoms with Gasteiger partial charge in [-0.2, -0.15) is 0 Å². The SMILES string of the molecule is C[C@@H]1CS(=O)(=O)NC(=O)c2ccc3c(c2)N(C[C@@H]2CC[C@H]2[C@](O)(CN2CCN4CCOC[C@@H]4C2)/C=C/[C@@H]1C)C[C@@]1(CCCc2cc(Cl)ccc21)CO3.C[C@@H]1CS(=O)(=O)NC(=O)c2ccc3c(c2)N(C[C@@H]2CC[C@H]2[C@](O)(CN2CCN4CCOC[C@@H]4C2)CC[C@@H]1C)C[C@@]1(CCCc2cc(Cl)ccc21)CO3. The summed E-state index contributed by atoms with van der Waals surface area (Å²) in [4.78, 5) is 41.8. The van der Waals surface area contributed by atoms with Crippen molar-refractivity contribution in [2.75, 3.05) is 153 Å². The Bertz CT molecular complexity index is 4120. The van der Waals surface area contributed by atoms with E-state index < -0.39 is 43.1 Å². The van der Waals surface area contributed by atoms with E-state index in [2.05, 4.69) is 70.0 Å². The van der Waals surface area contributed by atoms with E-state index >= 15 is 0 Å². The van der Waals surface area contributed by atoms with Gasteiger partial charge in [-0.1, -0.05) is 75.2 Å². The van der Waals surface area contributed by atoms with Crippen molar-refractivity contribution in [1.82, 2.24) is 29.0 Å². The van der Waals surface area contributed by atoms with E-state index in [-0.39, 0.29) is 75.2 Å². The minimum Gasteiger partial charge on any atom is -0.490 e. The third-order valence-electron chi connectivity index (χ3n) is 26.7. The minimum atomic E-state index is -3.94. The van der Waals surface area contributed by atoms with Crippen LogP contribution in [0.15, 0.2) is 84.9 Å². The molecule has 0 radical (unpaired) electrons. The lowest BCUT2D eigenvalue weighted by Crippen LogP contribution is -2.62. The number of aliphatic hydroxyl groups is 2. The van der Waals surface area contributed by atoms with Crippen molar-refractivity contribution in [1.29, 1.82) is 0 Å². The maximum atomic E-state index is 13.6. The number of morpholine rings is 2. The van der Waals surface area contributed by atoms with Crippen LogP contribution < -0.4 is 28.7 Å². The van der Waals surface area contributed by atoms with Crippen LogP contribution in [0, 0.1) is 47.3 Å². The molecular weight excluding hydrogens is 1400 g/mol. The fraction of sp³-hybridized carbons (Fsp3) is 0.650. The molecule has 0 unspecified atom stereocenters. The number of amides is 2. The van der Waals surface area contributed by atoms with Crippen molar-refractivity contribution in [3.63, 3.8) is 0 Å². The van der Waals surface area contributed by atoms with Crippen LogP contribution >= 0.6 is 23.2 Å². The van der Waals surface area contributed by atoms with E-state index in [1.807, 2.05) is 63.3 Å². The summed E-state index contributed by atoms with van der Waals surface area (Å²) in [6.45, 7) is 23.2. The van der Waals surface area contributed by atoms with Crippen LogP contribution in [0.3, 0.4) is 0 Å². The third-order valence-corrected chi connectivity index (χ3v) is 30.1. The Morgan fingerprint density at radius 1 is 0.548 bits per heavy atom. The van der Waals surface area contributed by atoms with Gasteiger partial charge in [-0.15, -0.1) is 0 Å². The zero-order valence-corrected chi connectivity index (χ0v) is 64.3. The molecule has 2 amide bonds. The smallest absolute Gasteiger partial charge is 0.264 e. The van der Waals surface area contributed by atoms with Crippen molar-refractivity contribution in [2.45, 2.75) is 139 Å². The molecule has 4 aromatic carbocycles. The van der Waals surface area contributed by atoms with Crippen LogP contribution in [0.4, 0.5) is 11.4 Å². The zero-order valence-electron chi connectivity index (χ0n) is 61.1. The Morgan fingerprint density at radius 2 is 1.05 bits per heavy atom. The highest BCUT2D eigenvalue weighted by Crippen LogP contribution is 2.52. The van der Waals surface area contributed by atoms with Crippen molar-refractivity contribution in [3.05, 3.63) is 128 Å². The van der Waals surface area contributed by atoms with E-state index in [9.17, 15) is 36.6 Å². The molecule has 6 fully saturated rings.